The summed E-state index contributed by atoms with van der Waals surface area (Å²) in [6.45, 7) is 1.85. The van der Waals surface area contributed by atoms with Gasteiger partial charge in [0.25, 0.3) is 5.91 Å². The van der Waals surface area contributed by atoms with Gasteiger partial charge in [-0.25, -0.2) is 5.84 Å². The van der Waals surface area contributed by atoms with Crippen molar-refractivity contribution >= 4 is 5.91 Å². The Balaban J connectivity index is 1.69. The smallest absolute Gasteiger partial charge is 0.268 e. The van der Waals surface area contributed by atoms with Gasteiger partial charge in [0.15, 0.2) is 0 Å². The van der Waals surface area contributed by atoms with Gasteiger partial charge in [-0.3, -0.25) is 15.1 Å². The van der Waals surface area contributed by atoms with Crippen molar-refractivity contribution in [3.63, 3.8) is 0 Å². The number of rotatable bonds is 6. The van der Waals surface area contributed by atoms with Crippen LogP contribution in [0.1, 0.15) is 41.8 Å². The first-order valence-corrected chi connectivity index (χ1v) is 6.59. The predicted octanol–water partition coefficient (Wildman–Crippen LogP) is 1.26. The van der Waals surface area contributed by atoms with Crippen molar-refractivity contribution in [2.75, 3.05) is 6.54 Å². The van der Waals surface area contributed by atoms with Crippen LogP contribution in [0.25, 0.3) is 0 Å². The summed E-state index contributed by atoms with van der Waals surface area (Å²) in [5.74, 6) is 6.48. The van der Waals surface area contributed by atoms with Crippen LogP contribution >= 0.6 is 0 Å². The number of hydrogen-bond donors (Lipinski definition) is 2. The summed E-state index contributed by atoms with van der Waals surface area (Å²) in [7, 11) is 0. The van der Waals surface area contributed by atoms with Crippen LogP contribution in [0.3, 0.4) is 0 Å². The summed E-state index contributed by atoms with van der Waals surface area (Å²) < 4.78 is 5.44. The van der Waals surface area contributed by atoms with E-state index in [1.807, 2.05) is 0 Å². The predicted molar refractivity (Wildman–Crippen MR) is 66.5 cm³/mol. The second-order valence-corrected chi connectivity index (χ2v) is 5.33. The van der Waals surface area contributed by atoms with E-state index in [-0.39, 0.29) is 5.91 Å². The van der Waals surface area contributed by atoms with Crippen LogP contribution in [0.15, 0.2) is 16.7 Å². The zero-order valence-electron chi connectivity index (χ0n) is 10.4. The summed E-state index contributed by atoms with van der Waals surface area (Å²) in [4.78, 5) is 14.0. The topological polar surface area (TPSA) is 71.5 Å². The molecule has 0 aromatic carbocycles. The lowest BCUT2D eigenvalue weighted by atomic mass is 10.2. The Kier molecular flexibility index (Phi) is 3.09. The summed E-state index contributed by atoms with van der Waals surface area (Å²) >= 11 is 0. The number of nitrogens with one attached hydrogen (secondary N) is 1. The molecular formula is C13H19N3O2. The van der Waals surface area contributed by atoms with Crippen molar-refractivity contribution in [2.24, 2.45) is 11.8 Å². The zero-order chi connectivity index (χ0) is 12.5. The van der Waals surface area contributed by atoms with Crippen LogP contribution in [0, 0.1) is 5.92 Å². The van der Waals surface area contributed by atoms with Gasteiger partial charge in [0.1, 0.15) is 5.76 Å². The first kappa shape index (κ1) is 11.7. The number of furan rings is 1. The largest absolute Gasteiger partial charge is 0.467 e. The summed E-state index contributed by atoms with van der Waals surface area (Å²) in [5.41, 5.74) is 2.72. The molecule has 1 aromatic rings. The number of carbonyl (C=O) groups is 1. The molecule has 0 spiro atoms. The monoisotopic (exact) mass is 249 g/mol. The molecule has 98 valence electrons. The molecule has 0 radical (unpaired) electrons. The van der Waals surface area contributed by atoms with E-state index in [4.69, 9.17) is 10.3 Å². The number of nitrogen functional groups attached to an aromatic ring is 1. The van der Waals surface area contributed by atoms with Gasteiger partial charge < -0.3 is 4.42 Å². The number of carbonyl (C=O) groups excluding carboxylic acids is 1. The van der Waals surface area contributed by atoms with Crippen LogP contribution in [-0.2, 0) is 6.54 Å². The van der Waals surface area contributed by atoms with Gasteiger partial charge in [-0.2, -0.15) is 0 Å². The average molecular weight is 249 g/mol. The first-order chi connectivity index (χ1) is 8.78. The normalized spacial score (nSPS) is 19.2. The number of amides is 1. The molecule has 3 rings (SSSR count). The summed E-state index contributed by atoms with van der Waals surface area (Å²) in [6.07, 6.45) is 6.79. The summed E-state index contributed by atoms with van der Waals surface area (Å²) in [6, 6.07) is 2.36. The molecule has 1 amide bonds. The van der Waals surface area contributed by atoms with Crippen LogP contribution in [0.5, 0.6) is 0 Å². The number of hydrazine groups is 1. The highest BCUT2D eigenvalue weighted by Crippen LogP contribution is 2.35. The molecule has 1 heterocycles. The van der Waals surface area contributed by atoms with E-state index in [1.54, 1.807) is 12.3 Å². The lowest BCUT2D eigenvalue weighted by Crippen LogP contribution is -2.32. The quantitative estimate of drug-likeness (QED) is 0.452. The van der Waals surface area contributed by atoms with E-state index in [2.05, 4.69) is 10.3 Å². The van der Waals surface area contributed by atoms with Crippen LogP contribution in [0.2, 0.25) is 0 Å². The summed E-state index contributed by atoms with van der Waals surface area (Å²) in [5, 5.41) is 0. The maximum Gasteiger partial charge on any atom is 0.268 e. The second kappa shape index (κ2) is 4.74. The molecule has 0 saturated heterocycles. The molecule has 0 aliphatic heterocycles. The fourth-order valence-electron chi connectivity index (χ4n) is 2.34. The Hall–Kier alpha value is -1.33. The molecule has 5 heteroatoms. The molecule has 2 fully saturated rings. The first-order valence-electron chi connectivity index (χ1n) is 6.59. The van der Waals surface area contributed by atoms with Crippen molar-refractivity contribution in [2.45, 2.75) is 38.3 Å². The molecule has 18 heavy (non-hydrogen) atoms. The van der Waals surface area contributed by atoms with Crippen molar-refractivity contribution in [3.05, 3.63) is 23.7 Å². The molecule has 1 aromatic heterocycles. The van der Waals surface area contributed by atoms with E-state index < -0.39 is 0 Å². The highest BCUT2D eigenvalue weighted by atomic mass is 16.3. The number of hydrogen-bond acceptors (Lipinski definition) is 4. The molecule has 0 unspecified atom stereocenters. The van der Waals surface area contributed by atoms with Gasteiger partial charge in [-0.1, -0.05) is 0 Å². The lowest BCUT2D eigenvalue weighted by Gasteiger charge is -2.20. The van der Waals surface area contributed by atoms with E-state index in [0.29, 0.717) is 11.6 Å². The van der Waals surface area contributed by atoms with Crippen molar-refractivity contribution < 1.29 is 9.21 Å². The van der Waals surface area contributed by atoms with Gasteiger partial charge in [-0.05, 0) is 37.7 Å². The third kappa shape index (κ3) is 2.57. The molecule has 0 bridgehead atoms. The standard InChI is InChI=1S/C13H19N3O2/c14-15-13(17)11-5-6-18-12(11)8-16(10-3-4-10)7-9-1-2-9/h5-6,9-10H,1-4,7-8,14H2,(H,15,17). The zero-order valence-corrected chi connectivity index (χ0v) is 10.4. The van der Waals surface area contributed by atoms with Crippen molar-refractivity contribution in [1.82, 2.24) is 10.3 Å². The van der Waals surface area contributed by atoms with Gasteiger partial charge >= 0.3 is 0 Å². The maximum atomic E-state index is 11.6. The molecular weight excluding hydrogens is 230 g/mol. The number of nitrogens with zero attached hydrogens (tertiary/aromatic N) is 1. The minimum Gasteiger partial charge on any atom is -0.467 e. The van der Waals surface area contributed by atoms with Crippen LogP contribution < -0.4 is 11.3 Å². The Bertz CT molecular complexity index is 435. The third-order valence-corrected chi connectivity index (χ3v) is 3.72. The highest BCUT2D eigenvalue weighted by molar-refractivity contribution is 5.94. The highest BCUT2D eigenvalue weighted by Gasteiger charge is 2.34. The van der Waals surface area contributed by atoms with E-state index in [9.17, 15) is 4.79 Å². The molecule has 0 atom stereocenters. The lowest BCUT2D eigenvalue weighted by molar-refractivity contribution is 0.0949. The average Bonchev–Trinajstić information content (AvgIpc) is 3.27. The van der Waals surface area contributed by atoms with Gasteiger partial charge in [0.05, 0.1) is 18.4 Å². The molecule has 2 aliphatic rings. The molecule has 3 N–H and O–H groups in total. The van der Waals surface area contributed by atoms with E-state index in [1.165, 1.54) is 25.7 Å². The minimum absolute atomic E-state index is 0.277. The fourth-order valence-corrected chi connectivity index (χ4v) is 2.34. The Morgan fingerprint density at radius 1 is 1.44 bits per heavy atom. The van der Waals surface area contributed by atoms with Crippen LogP contribution in [-0.4, -0.2) is 23.4 Å². The minimum atomic E-state index is -0.277. The second-order valence-electron chi connectivity index (χ2n) is 5.33. The molecule has 2 aliphatic carbocycles. The fraction of sp³-hybridized carbons (Fsp3) is 0.615. The SMILES string of the molecule is NNC(=O)c1ccoc1CN(CC1CC1)C1CC1. The molecule has 2 saturated carbocycles. The van der Waals surface area contributed by atoms with Gasteiger partial charge in [0.2, 0.25) is 0 Å². The van der Waals surface area contributed by atoms with Gasteiger partial charge in [0, 0.05) is 12.6 Å². The van der Waals surface area contributed by atoms with Gasteiger partial charge in [-0.15, -0.1) is 0 Å². The molecule has 5 nitrogen and oxygen atoms in total. The third-order valence-electron chi connectivity index (χ3n) is 3.72. The van der Waals surface area contributed by atoms with Crippen molar-refractivity contribution in [3.8, 4) is 0 Å². The maximum absolute atomic E-state index is 11.6. The number of nitrogens with two attached hydrogens (primary N) is 1. The Labute approximate surface area is 106 Å². The van der Waals surface area contributed by atoms with Crippen LogP contribution in [0.4, 0.5) is 0 Å². The van der Waals surface area contributed by atoms with Crippen molar-refractivity contribution in [1.29, 1.82) is 0 Å². The Morgan fingerprint density at radius 3 is 2.83 bits per heavy atom. The van der Waals surface area contributed by atoms with E-state index >= 15 is 0 Å². The van der Waals surface area contributed by atoms with E-state index in [0.717, 1.165) is 24.8 Å². The Morgan fingerprint density at radius 2 is 2.22 bits per heavy atom.